The lowest BCUT2D eigenvalue weighted by atomic mass is 10.1. The number of aromatic nitrogens is 2. The third-order valence-corrected chi connectivity index (χ3v) is 2.76. The van der Waals surface area contributed by atoms with Crippen molar-refractivity contribution in [1.29, 1.82) is 0 Å². The summed E-state index contributed by atoms with van der Waals surface area (Å²) in [6.07, 6.45) is 11.4. The Morgan fingerprint density at radius 3 is 2.76 bits per heavy atom. The van der Waals surface area contributed by atoms with Crippen LogP contribution < -0.4 is 0 Å². The van der Waals surface area contributed by atoms with Gasteiger partial charge in [0, 0.05) is 18.1 Å². The highest BCUT2D eigenvalue weighted by Gasteiger charge is 2.00. The summed E-state index contributed by atoms with van der Waals surface area (Å²) < 4.78 is 2.10. The van der Waals surface area contributed by atoms with Crippen LogP contribution in [0.5, 0.6) is 0 Å². The summed E-state index contributed by atoms with van der Waals surface area (Å²) in [6, 6.07) is 10.4. The monoisotopic (exact) mass is 226 g/mol. The molecule has 17 heavy (non-hydrogen) atoms. The van der Waals surface area contributed by atoms with E-state index >= 15 is 0 Å². The molecule has 0 amide bonds. The van der Waals surface area contributed by atoms with E-state index in [-0.39, 0.29) is 0 Å². The lowest BCUT2D eigenvalue weighted by molar-refractivity contribution is 0.799. The Morgan fingerprint density at radius 1 is 1.29 bits per heavy atom. The zero-order valence-electron chi connectivity index (χ0n) is 10.2. The first-order chi connectivity index (χ1) is 8.40. The van der Waals surface area contributed by atoms with E-state index in [2.05, 4.69) is 46.8 Å². The number of allylic oxidation sites excluding steroid dienone is 1. The van der Waals surface area contributed by atoms with E-state index in [0.29, 0.717) is 0 Å². The quantitative estimate of drug-likeness (QED) is 0.751. The van der Waals surface area contributed by atoms with Gasteiger partial charge in [0.15, 0.2) is 0 Å². The van der Waals surface area contributed by atoms with Crippen molar-refractivity contribution >= 4 is 11.8 Å². The predicted octanol–water partition coefficient (Wildman–Crippen LogP) is 4.07. The van der Waals surface area contributed by atoms with Crippen molar-refractivity contribution in [3.05, 3.63) is 54.6 Å². The molecule has 2 rings (SSSR count). The van der Waals surface area contributed by atoms with Gasteiger partial charge in [-0.25, -0.2) is 4.98 Å². The molecule has 0 radical (unpaired) electrons. The van der Waals surface area contributed by atoms with Crippen molar-refractivity contribution < 1.29 is 0 Å². The van der Waals surface area contributed by atoms with E-state index in [1.54, 1.807) is 0 Å². The minimum absolute atomic E-state index is 1.09. The molecule has 0 unspecified atom stereocenters. The van der Waals surface area contributed by atoms with Crippen molar-refractivity contribution in [3.63, 3.8) is 0 Å². The molecule has 88 valence electrons. The molecule has 0 atom stereocenters. The molecule has 0 N–H and O–H groups in total. The largest absolute Gasteiger partial charge is 0.310 e. The molecule has 1 heterocycles. The second-order valence-corrected chi connectivity index (χ2v) is 4.12. The van der Waals surface area contributed by atoms with E-state index in [4.69, 9.17) is 0 Å². The Hall–Kier alpha value is -1.83. The van der Waals surface area contributed by atoms with Crippen LogP contribution in [0, 0.1) is 0 Å². The SMILES string of the molecule is CCCCC(=Cc1ccccc1)n1ccnc1. The summed E-state index contributed by atoms with van der Waals surface area (Å²) in [5, 5.41) is 0. The Bertz CT molecular complexity index is 455. The van der Waals surface area contributed by atoms with Gasteiger partial charge in [0.25, 0.3) is 0 Å². The zero-order chi connectivity index (χ0) is 11.9. The van der Waals surface area contributed by atoms with Gasteiger partial charge in [-0.05, 0) is 24.5 Å². The van der Waals surface area contributed by atoms with Crippen LogP contribution in [0.4, 0.5) is 0 Å². The third kappa shape index (κ3) is 3.31. The fourth-order valence-corrected chi connectivity index (χ4v) is 1.80. The lowest BCUT2D eigenvalue weighted by Gasteiger charge is -2.08. The molecule has 0 aliphatic heterocycles. The molecule has 0 fully saturated rings. The van der Waals surface area contributed by atoms with E-state index in [9.17, 15) is 0 Å². The zero-order valence-corrected chi connectivity index (χ0v) is 10.2. The van der Waals surface area contributed by atoms with Crippen molar-refractivity contribution in [1.82, 2.24) is 9.55 Å². The van der Waals surface area contributed by atoms with Crippen molar-refractivity contribution in [2.24, 2.45) is 0 Å². The van der Waals surface area contributed by atoms with Gasteiger partial charge in [-0.2, -0.15) is 0 Å². The molecule has 0 spiro atoms. The average Bonchev–Trinajstić information content (AvgIpc) is 2.89. The lowest BCUT2D eigenvalue weighted by Crippen LogP contribution is -1.94. The topological polar surface area (TPSA) is 17.8 Å². The summed E-state index contributed by atoms with van der Waals surface area (Å²) in [7, 11) is 0. The fraction of sp³-hybridized carbons (Fsp3) is 0.267. The molecular weight excluding hydrogens is 208 g/mol. The third-order valence-electron chi connectivity index (χ3n) is 2.76. The maximum atomic E-state index is 4.11. The minimum atomic E-state index is 1.09. The smallest absolute Gasteiger partial charge is 0.0989 e. The number of hydrogen-bond donors (Lipinski definition) is 0. The maximum absolute atomic E-state index is 4.11. The van der Waals surface area contributed by atoms with Crippen molar-refractivity contribution in [2.75, 3.05) is 0 Å². The number of nitrogens with zero attached hydrogens (tertiary/aromatic N) is 2. The molecule has 0 aliphatic carbocycles. The Morgan fingerprint density at radius 2 is 2.12 bits per heavy atom. The fourth-order valence-electron chi connectivity index (χ4n) is 1.80. The van der Waals surface area contributed by atoms with Crippen LogP contribution in [0.15, 0.2) is 49.1 Å². The van der Waals surface area contributed by atoms with Gasteiger partial charge < -0.3 is 4.57 Å². The van der Waals surface area contributed by atoms with Crippen LogP contribution in [-0.2, 0) is 0 Å². The van der Waals surface area contributed by atoms with Crippen LogP contribution in [0.1, 0.15) is 31.7 Å². The first-order valence-electron chi connectivity index (χ1n) is 6.14. The summed E-state index contributed by atoms with van der Waals surface area (Å²) in [4.78, 5) is 4.11. The summed E-state index contributed by atoms with van der Waals surface area (Å²) in [5.74, 6) is 0. The maximum Gasteiger partial charge on any atom is 0.0989 e. The van der Waals surface area contributed by atoms with Crippen LogP contribution >= 0.6 is 0 Å². The van der Waals surface area contributed by atoms with Crippen LogP contribution in [0.2, 0.25) is 0 Å². The molecule has 0 bridgehead atoms. The van der Waals surface area contributed by atoms with Crippen LogP contribution in [0.3, 0.4) is 0 Å². The number of benzene rings is 1. The molecule has 0 aliphatic rings. The van der Waals surface area contributed by atoms with Crippen LogP contribution in [0.25, 0.3) is 11.8 Å². The van der Waals surface area contributed by atoms with E-state index in [1.807, 2.05) is 24.8 Å². The summed E-state index contributed by atoms with van der Waals surface area (Å²) in [5.41, 5.74) is 2.54. The van der Waals surface area contributed by atoms with Gasteiger partial charge >= 0.3 is 0 Å². The highest BCUT2D eigenvalue weighted by Crippen LogP contribution is 2.17. The summed E-state index contributed by atoms with van der Waals surface area (Å²) >= 11 is 0. The molecule has 1 aromatic heterocycles. The summed E-state index contributed by atoms with van der Waals surface area (Å²) in [6.45, 7) is 2.22. The van der Waals surface area contributed by atoms with E-state index in [0.717, 1.165) is 6.42 Å². The van der Waals surface area contributed by atoms with Gasteiger partial charge in [0.1, 0.15) is 0 Å². The van der Waals surface area contributed by atoms with Gasteiger partial charge in [-0.15, -0.1) is 0 Å². The molecule has 2 nitrogen and oxygen atoms in total. The van der Waals surface area contributed by atoms with Gasteiger partial charge in [-0.3, -0.25) is 0 Å². The Labute approximate surface area is 103 Å². The standard InChI is InChI=1S/C15H18N2/c1-2-3-9-15(17-11-10-16-13-17)12-14-7-5-4-6-8-14/h4-8,10-13H,2-3,9H2,1H3. The van der Waals surface area contributed by atoms with Gasteiger partial charge in [0.05, 0.1) is 6.33 Å². The number of rotatable bonds is 5. The second-order valence-electron chi connectivity index (χ2n) is 4.12. The Kier molecular flexibility index (Phi) is 4.14. The molecule has 0 saturated heterocycles. The highest BCUT2D eigenvalue weighted by molar-refractivity contribution is 5.70. The van der Waals surface area contributed by atoms with Gasteiger partial charge in [0.2, 0.25) is 0 Å². The molecule has 2 heteroatoms. The van der Waals surface area contributed by atoms with E-state index < -0.39 is 0 Å². The van der Waals surface area contributed by atoms with Gasteiger partial charge in [-0.1, -0.05) is 43.7 Å². The second kappa shape index (κ2) is 6.04. The Balaban J connectivity index is 2.24. The molecular formula is C15H18N2. The van der Waals surface area contributed by atoms with Crippen molar-refractivity contribution in [2.45, 2.75) is 26.2 Å². The van der Waals surface area contributed by atoms with E-state index in [1.165, 1.54) is 24.1 Å². The minimum Gasteiger partial charge on any atom is -0.310 e. The normalized spacial score (nSPS) is 11.7. The molecule has 1 aromatic carbocycles. The number of unbranched alkanes of at least 4 members (excludes halogenated alkanes) is 1. The molecule has 2 aromatic rings. The average molecular weight is 226 g/mol. The first-order valence-corrected chi connectivity index (χ1v) is 6.14. The highest BCUT2D eigenvalue weighted by atomic mass is 15.0. The number of imidazole rings is 1. The predicted molar refractivity (Wildman–Crippen MR) is 72.4 cm³/mol. The molecule has 0 saturated carbocycles. The first kappa shape index (κ1) is 11.6. The van der Waals surface area contributed by atoms with Crippen molar-refractivity contribution in [3.8, 4) is 0 Å². The number of hydrogen-bond acceptors (Lipinski definition) is 1. The van der Waals surface area contributed by atoms with Crippen LogP contribution in [-0.4, -0.2) is 9.55 Å².